The predicted molar refractivity (Wildman–Crippen MR) is 416 cm³/mol. The highest BCUT2D eigenvalue weighted by molar-refractivity contribution is 14.1. The zero-order valence-electron chi connectivity index (χ0n) is 58.8. The van der Waals surface area contributed by atoms with Crippen molar-refractivity contribution in [3.8, 4) is 33.8 Å². The van der Waals surface area contributed by atoms with Crippen LogP contribution in [-0.4, -0.2) is 104 Å². The number of nitrogens with two attached hydrogens (primary N) is 3. The molecule has 111 heavy (non-hydrogen) atoms. The summed E-state index contributed by atoms with van der Waals surface area (Å²) < 4.78 is 175. The summed E-state index contributed by atoms with van der Waals surface area (Å²) in [4.78, 5) is 36.4. The first-order valence-corrected chi connectivity index (χ1v) is 40.2. The van der Waals surface area contributed by atoms with E-state index in [9.17, 15) is 48.5 Å². The highest BCUT2D eigenvalue weighted by Crippen LogP contribution is 2.43. The Morgan fingerprint density at radius 3 is 1.23 bits per heavy atom. The van der Waals surface area contributed by atoms with E-state index in [2.05, 4.69) is 44.4 Å². The third-order valence-corrected chi connectivity index (χ3v) is 25.1. The minimum absolute atomic E-state index is 0.0680. The summed E-state index contributed by atoms with van der Waals surface area (Å²) in [6.07, 6.45) is 11.4. The molecule has 0 radical (unpaired) electrons. The van der Waals surface area contributed by atoms with Gasteiger partial charge in [-0.25, -0.2) is 82.4 Å². The molecular formula is C73H67F6IN20O8S3. The summed E-state index contributed by atoms with van der Waals surface area (Å²) in [6.45, 7) is 0. The molecule has 0 bridgehead atoms. The van der Waals surface area contributed by atoms with E-state index in [1.807, 2.05) is 67.8 Å². The number of nitrogens with zero attached hydrogens (tertiary/aromatic N) is 14. The number of fused-ring (bicyclic) bond motifs is 4. The minimum Gasteiger partial charge on any atom is -0.383 e. The van der Waals surface area contributed by atoms with Crippen molar-refractivity contribution in [3.05, 3.63) is 189 Å². The number of hydrogen-bond donors (Lipinski definition) is 6. The number of rotatable bonds is 17. The van der Waals surface area contributed by atoms with Crippen molar-refractivity contribution in [1.29, 1.82) is 0 Å². The van der Waals surface area contributed by atoms with Crippen LogP contribution < -0.4 is 36.3 Å². The van der Waals surface area contributed by atoms with E-state index in [-0.39, 0.29) is 74.1 Å². The molecule has 9 N–H and O–H groups in total. The van der Waals surface area contributed by atoms with Crippen molar-refractivity contribution in [1.82, 2.24) is 59.2 Å². The predicted octanol–water partition coefficient (Wildman–Crippen LogP) is 15.1. The molecule has 38 heteroatoms. The van der Waals surface area contributed by atoms with Gasteiger partial charge in [-0.05, 0) is 134 Å². The Morgan fingerprint density at radius 2 is 0.847 bits per heavy atom. The minimum atomic E-state index is -4.94. The van der Waals surface area contributed by atoms with Gasteiger partial charge in [0, 0.05) is 56.9 Å². The van der Waals surface area contributed by atoms with E-state index >= 15 is 13.2 Å². The number of nitrogens with one attached hydrogen (secondary N) is 3. The maximum atomic E-state index is 15.4. The number of nitro benzene ring substituents is 1. The Kier molecular flexibility index (Phi) is 21.0. The van der Waals surface area contributed by atoms with Gasteiger partial charge in [0.25, 0.3) is 35.8 Å². The lowest BCUT2D eigenvalue weighted by Crippen LogP contribution is -2.16. The number of benzene rings is 7. The van der Waals surface area contributed by atoms with Crippen molar-refractivity contribution in [2.45, 2.75) is 116 Å². The van der Waals surface area contributed by atoms with Crippen LogP contribution in [-0.2, 0) is 36.2 Å². The first-order valence-electron chi connectivity index (χ1n) is 34.7. The van der Waals surface area contributed by atoms with Crippen LogP contribution in [0.15, 0.2) is 167 Å². The van der Waals surface area contributed by atoms with Crippen LogP contribution in [0.1, 0.15) is 101 Å². The number of halogens is 7. The Balaban J connectivity index is 0.000000139. The van der Waals surface area contributed by atoms with Crippen molar-refractivity contribution < 1.29 is 56.5 Å². The molecule has 28 nitrogen and oxygen atoms in total. The molecular weight excluding hydrogens is 1620 g/mol. The van der Waals surface area contributed by atoms with Crippen LogP contribution in [0.25, 0.3) is 77.6 Å². The fourth-order valence-electron chi connectivity index (χ4n) is 14.3. The molecule has 7 aromatic carbocycles. The molecule has 0 aliphatic heterocycles. The van der Waals surface area contributed by atoms with E-state index in [0.29, 0.717) is 76.7 Å². The Bertz CT molecular complexity index is 6200. The van der Waals surface area contributed by atoms with Gasteiger partial charge in [-0.3, -0.25) is 24.3 Å². The van der Waals surface area contributed by atoms with Gasteiger partial charge in [-0.15, -0.1) is 0 Å². The van der Waals surface area contributed by atoms with E-state index in [1.165, 1.54) is 61.4 Å². The molecule has 3 aliphatic carbocycles. The average Bonchev–Trinajstić information content (AvgIpc) is 1.69. The maximum absolute atomic E-state index is 15.4. The average molecular weight is 1690 g/mol. The molecule has 0 atom stereocenters. The second-order valence-corrected chi connectivity index (χ2v) is 33.0. The van der Waals surface area contributed by atoms with Crippen LogP contribution in [0, 0.1) is 31.1 Å². The molecule has 6 aromatic heterocycles. The summed E-state index contributed by atoms with van der Waals surface area (Å²) in [6, 6.07) is 30.4. The van der Waals surface area contributed by atoms with Gasteiger partial charge in [-0.2, -0.15) is 28.5 Å². The normalized spacial score (nSPS) is 14.6. The van der Waals surface area contributed by atoms with Gasteiger partial charge in [0.2, 0.25) is 0 Å². The molecule has 3 fully saturated rings. The molecule has 0 unspecified atom stereocenters. The van der Waals surface area contributed by atoms with Gasteiger partial charge in [0.05, 0.1) is 66.7 Å². The summed E-state index contributed by atoms with van der Waals surface area (Å²) in [5.74, 6) is -1.87. The fraction of sp³-hybridized carbons (Fsp3) is 0.247. The Hall–Kier alpha value is -11.4. The summed E-state index contributed by atoms with van der Waals surface area (Å²) >= 11 is 1.93. The van der Waals surface area contributed by atoms with Gasteiger partial charge in [-0.1, -0.05) is 93.1 Å². The molecule has 0 spiro atoms. The Morgan fingerprint density at radius 1 is 0.477 bits per heavy atom. The van der Waals surface area contributed by atoms with Crippen molar-refractivity contribution in [3.63, 3.8) is 0 Å². The second-order valence-electron chi connectivity index (χ2n) is 26.9. The topological polar surface area (TPSA) is 394 Å². The maximum Gasteiger partial charge on any atom is 0.416 e. The highest BCUT2D eigenvalue weighted by Gasteiger charge is 2.37. The van der Waals surface area contributed by atoms with E-state index in [4.69, 9.17) is 27.4 Å². The van der Waals surface area contributed by atoms with Crippen LogP contribution >= 0.6 is 22.6 Å². The second kappa shape index (κ2) is 30.5. The van der Waals surface area contributed by atoms with Crippen LogP contribution in [0.5, 0.6) is 0 Å². The lowest BCUT2D eigenvalue weighted by molar-refractivity contribution is -0.388. The fourth-order valence-corrected chi connectivity index (χ4v) is 19.2. The smallest absolute Gasteiger partial charge is 0.383 e. The van der Waals surface area contributed by atoms with Crippen LogP contribution in [0.4, 0.5) is 72.2 Å². The molecule has 3 saturated carbocycles. The van der Waals surface area contributed by atoms with Crippen LogP contribution in [0.2, 0.25) is 0 Å². The van der Waals surface area contributed by atoms with Crippen molar-refractivity contribution in [2.75, 3.05) is 50.4 Å². The standard InChI is InChI=1S/C28H28FN7O2S.C23H19F4N7O4S.C22H20FIN6O2S/c1-35(2)23-11-5-10-20-19(23)9-6-12-24(20)39(37,38)34-22-14-13-17(15-21(22)29)26-25-27(30)31-16-32-28(25)36(33-26)18-7-3-4-8-18;24-15-9-12(20-19-21(28)29-11-30-22(19)33(31-20)14-3-1-2-4-14)5-7-16(15)32-39(37,38)18-8-6-13(23(25,26)27)10-17(18)34(35)36;23-15-11-13(9-10-17(15)29-33(31,32)18-8-4-3-7-16(18)24)20-19-21(25)26-12-27-22(19)30(28-20)14-5-1-2-6-14/h5-6,9-16,18,34H,3-4,7-8H2,1-2H3,(H2,30,31,32);5-11,14,32H,1-4H2,(H2,28,29,30);3-4,7-12,14,29H,1-2,5-6H2,(H2,25,26,27). The van der Waals surface area contributed by atoms with E-state index in [1.54, 1.807) is 53.2 Å². The molecule has 6 heterocycles. The van der Waals surface area contributed by atoms with Crippen LogP contribution in [0.3, 0.4) is 0 Å². The third-order valence-electron chi connectivity index (χ3n) is 19.6. The number of nitro groups is 1. The van der Waals surface area contributed by atoms with Gasteiger partial charge in [0.1, 0.15) is 75.9 Å². The molecule has 3 aliphatic rings. The first-order chi connectivity index (χ1) is 53.0. The van der Waals surface area contributed by atoms with Gasteiger partial charge in [0.15, 0.2) is 21.8 Å². The monoisotopic (exact) mass is 1690 g/mol. The zero-order valence-corrected chi connectivity index (χ0v) is 63.4. The molecule has 0 amide bonds. The third kappa shape index (κ3) is 15.3. The molecule has 13 aromatic rings. The van der Waals surface area contributed by atoms with Crippen molar-refractivity contribution in [2.24, 2.45) is 0 Å². The first kappa shape index (κ1) is 76.4. The Labute approximate surface area is 643 Å². The van der Waals surface area contributed by atoms with Gasteiger partial charge >= 0.3 is 6.18 Å². The lowest BCUT2D eigenvalue weighted by Gasteiger charge is -2.17. The summed E-state index contributed by atoms with van der Waals surface area (Å²) in [5, 5.41) is 28.3. The summed E-state index contributed by atoms with van der Waals surface area (Å²) in [5.41, 5.74) is 19.8. The zero-order chi connectivity index (χ0) is 78.6. The van der Waals surface area contributed by atoms with Crippen molar-refractivity contribution >= 4 is 142 Å². The lowest BCUT2D eigenvalue weighted by atomic mass is 10.1. The largest absolute Gasteiger partial charge is 0.416 e. The quantitative estimate of drug-likeness (QED) is 0.0213. The molecule has 574 valence electrons. The SMILES string of the molecule is CN(C)c1cccc2c(S(=O)(=O)Nc3ccc(-c4nn(C5CCCC5)c5ncnc(N)c45)cc3F)cccc12.Nc1ncnc2c1c(-c1ccc(NS(=O)(=O)c3ccc(C(F)(F)F)cc3[N+](=O)[O-])c(F)c1)nn2C1CCCC1.Nc1ncnc2c1c(-c1ccc(NS(=O)(=O)c3ccccc3I)c(F)c1)nn2C1CCCC1. The van der Waals surface area contributed by atoms with Gasteiger partial charge < -0.3 is 22.1 Å². The number of nitrogen functional groups attached to an aromatic ring is 3. The van der Waals surface area contributed by atoms with E-state index < -0.39 is 80.5 Å². The van der Waals surface area contributed by atoms with E-state index in [0.717, 1.165) is 100 Å². The number of alkyl halides is 3. The number of aromatic nitrogens is 12. The number of anilines is 7. The number of sulfonamides is 3. The number of hydrogen-bond acceptors (Lipinski definition) is 21. The molecule has 0 saturated heterocycles. The highest BCUT2D eigenvalue weighted by atomic mass is 127. The summed E-state index contributed by atoms with van der Waals surface area (Å²) in [7, 11) is -9.12. The molecule has 16 rings (SSSR count).